The number of pyridine rings is 1. The van der Waals surface area contributed by atoms with Gasteiger partial charge in [-0.3, -0.25) is 9.88 Å². The maximum Gasteiger partial charge on any atom is 0.0734 e. The Morgan fingerprint density at radius 2 is 1.90 bits per heavy atom. The van der Waals surface area contributed by atoms with Crippen LogP contribution in [0.25, 0.3) is 10.9 Å². The van der Waals surface area contributed by atoms with Gasteiger partial charge in [0.2, 0.25) is 0 Å². The molecular formula is C17H20BrN3. The average molecular weight is 346 g/mol. The molecule has 0 amide bonds. The van der Waals surface area contributed by atoms with Gasteiger partial charge in [-0.2, -0.15) is 0 Å². The van der Waals surface area contributed by atoms with Gasteiger partial charge in [0.25, 0.3) is 0 Å². The van der Waals surface area contributed by atoms with Crippen molar-refractivity contribution in [3.05, 3.63) is 34.9 Å². The Morgan fingerprint density at radius 1 is 1.10 bits per heavy atom. The summed E-state index contributed by atoms with van der Waals surface area (Å²) in [5.41, 5.74) is 2.40. The molecule has 21 heavy (non-hydrogen) atoms. The lowest BCUT2D eigenvalue weighted by atomic mass is 10.1. The summed E-state index contributed by atoms with van der Waals surface area (Å²) in [6.45, 7) is 5.95. The fourth-order valence-electron chi connectivity index (χ4n) is 3.22. The molecule has 4 heteroatoms. The summed E-state index contributed by atoms with van der Waals surface area (Å²) in [4.78, 5) is 9.64. The minimum absolute atomic E-state index is 0.996. The van der Waals surface area contributed by atoms with Crippen molar-refractivity contribution in [2.75, 3.05) is 37.6 Å². The molecule has 0 N–H and O–H groups in total. The molecule has 2 heterocycles. The summed E-state index contributed by atoms with van der Waals surface area (Å²) in [7, 11) is 0. The number of benzene rings is 1. The highest BCUT2D eigenvalue weighted by molar-refractivity contribution is 9.10. The van der Waals surface area contributed by atoms with Gasteiger partial charge in [0.05, 0.1) is 5.52 Å². The van der Waals surface area contributed by atoms with E-state index in [0.29, 0.717) is 0 Å². The normalized spacial score (nSPS) is 20.1. The second-order valence-corrected chi connectivity index (χ2v) is 7.14. The number of nitrogens with zero attached hydrogens (tertiary/aromatic N) is 3. The molecule has 1 aromatic carbocycles. The Hall–Kier alpha value is -1.13. The first-order valence-electron chi connectivity index (χ1n) is 7.81. The molecule has 4 rings (SSSR count). The number of anilines is 1. The van der Waals surface area contributed by atoms with Crippen LogP contribution in [0.2, 0.25) is 0 Å². The molecule has 2 fully saturated rings. The van der Waals surface area contributed by atoms with Crippen LogP contribution in [0.1, 0.15) is 12.8 Å². The largest absolute Gasteiger partial charge is 0.368 e. The maximum atomic E-state index is 4.49. The number of halogens is 1. The van der Waals surface area contributed by atoms with Crippen molar-refractivity contribution in [1.29, 1.82) is 0 Å². The minimum Gasteiger partial charge on any atom is -0.368 e. The van der Waals surface area contributed by atoms with E-state index < -0.39 is 0 Å². The Balaban J connectivity index is 1.53. The monoisotopic (exact) mass is 345 g/mol. The van der Waals surface area contributed by atoms with Gasteiger partial charge >= 0.3 is 0 Å². The Bertz CT molecular complexity index is 646. The zero-order valence-electron chi connectivity index (χ0n) is 12.1. The Kier molecular flexibility index (Phi) is 3.59. The number of piperazine rings is 1. The number of hydrogen-bond donors (Lipinski definition) is 0. The topological polar surface area (TPSA) is 19.4 Å². The van der Waals surface area contributed by atoms with E-state index in [1.54, 1.807) is 0 Å². The standard InChI is InChI=1S/C17H20BrN3/c18-14-3-4-15-16(11-14)19-6-5-17(15)21-9-7-20(8-10-21)12-13-1-2-13/h3-6,11,13H,1-2,7-10,12H2. The lowest BCUT2D eigenvalue weighted by molar-refractivity contribution is 0.248. The van der Waals surface area contributed by atoms with Gasteiger partial charge in [-0.15, -0.1) is 0 Å². The van der Waals surface area contributed by atoms with E-state index in [1.165, 1.54) is 43.5 Å². The SMILES string of the molecule is Brc1ccc2c(N3CCN(CC4CC4)CC3)ccnc2c1. The van der Waals surface area contributed by atoms with E-state index >= 15 is 0 Å². The summed E-state index contributed by atoms with van der Waals surface area (Å²) < 4.78 is 1.09. The van der Waals surface area contributed by atoms with Gasteiger partial charge in [-0.1, -0.05) is 15.9 Å². The van der Waals surface area contributed by atoms with Crippen molar-refractivity contribution in [3.8, 4) is 0 Å². The molecule has 1 aromatic heterocycles. The van der Waals surface area contributed by atoms with Crippen LogP contribution in [-0.4, -0.2) is 42.6 Å². The second-order valence-electron chi connectivity index (χ2n) is 6.22. The fraction of sp³-hybridized carbons (Fsp3) is 0.471. The second kappa shape index (κ2) is 5.58. The zero-order chi connectivity index (χ0) is 14.2. The van der Waals surface area contributed by atoms with Gasteiger partial charge in [-0.05, 0) is 43.0 Å². The lowest BCUT2D eigenvalue weighted by Gasteiger charge is -2.36. The van der Waals surface area contributed by atoms with Crippen LogP contribution in [0.4, 0.5) is 5.69 Å². The van der Waals surface area contributed by atoms with Gasteiger partial charge in [0.1, 0.15) is 0 Å². The van der Waals surface area contributed by atoms with Crippen LogP contribution in [0, 0.1) is 5.92 Å². The summed E-state index contributed by atoms with van der Waals surface area (Å²) >= 11 is 3.53. The molecular weight excluding hydrogens is 326 g/mol. The van der Waals surface area contributed by atoms with Crippen molar-refractivity contribution in [2.45, 2.75) is 12.8 Å². The molecule has 110 valence electrons. The molecule has 0 radical (unpaired) electrons. The van der Waals surface area contributed by atoms with Crippen LogP contribution in [0.3, 0.4) is 0 Å². The number of rotatable bonds is 3. The Labute approximate surface area is 134 Å². The van der Waals surface area contributed by atoms with Crippen LogP contribution < -0.4 is 4.90 Å². The van der Waals surface area contributed by atoms with E-state index in [-0.39, 0.29) is 0 Å². The third kappa shape index (κ3) is 2.92. The van der Waals surface area contributed by atoms with Crippen LogP contribution in [-0.2, 0) is 0 Å². The summed E-state index contributed by atoms with van der Waals surface area (Å²) in [5.74, 6) is 0.996. The molecule has 2 aromatic rings. The molecule has 1 saturated carbocycles. The molecule has 1 aliphatic heterocycles. The Morgan fingerprint density at radius 3 is 2.67 bits per heavy atom. The van der Waals surface area contributed by atoms with Gasteiger partial charge in [-0.25, -0.2) is 0 Å². The predicted octanol–water partition coefficient (Wildman–Crippen LogP) is 3.53. The van der Waals surface area contributed by atoms with Gasteiger partial charge < -0.3 is 4.90 Å². The van der Waals surface area contributed by atoms with Crippen molar-refractivity contribution < 1.29 is 0 Å². The van der Waals surface area contributed by atoms with Crippen molar-refractivity contribution in [2.24, 2.45) is 5.92 Å². The lowest BCUT2D eigenvalue weighted by Crippen LogP contribution is -2.47. The average Bonchev–Trinajstić information content (AvgIpc) is 3.31. The number of hydrogen-bond acceptors (Lipinski definition) is 3. The van der Waals surface area contributed by atoms with E-state index in [1.807, 2.05) is 6.20 Å². The maximum absolute atomic E-state index is 4.49. The first-order chi connectivity index (χ1) is 10.3. The van der Waals surface area contributed by atoms with E-state index in [0.717, 1.165) is 29.0 Å². The molecule has 0 atom stereocenters. The van der Waals surface area contributed by atoms with E-state index in [9.17, 15) is 0 Å². The summed E-state index contributed by atoms with van der Waals surface area (Å²) in [6.07, 6.45) is 4.83. The van der Waals surface area contributed by atoms with Crippen molar-refractivity contribution in [3.63, 3.8) is 0 Å². The minimum atomic E-state index is 0.996. The molecule has 1 aliphatic carbocycles. The van der Waals surface area contributed by atoms with Crippen LogP contribution >= 0.6 is 15.9 Å². The van der Waals surface area contributed by atoms with Crippen molar-refractivity contribution in [1.82, 2.24) is 9.88 Å². The smallest absolute Gasteiger partial charge is 0.0734 e. The summed E-state index contributed by atoms with van der Waals surface area (Å²) in [6, 6.07) is 8.55. The number of fused-ring (bicyclic) bond motifs is 1. The van der Waals surface area contributed by atoms with Crippen LogP contribution in [0.15, 0.2) is 34.9 Å². The van der Waals surface area contributed by atoms with Gasteiger partial charge in [0.15, 0.2) is 0 Å². The van der Waals surface area contributed by atoms with E-state index in [4.69, 9.17) is 0 Å². The predicted molar refractivity (Wildman–Crippen MR) is 90.8 cm³/mol. The zero-order valence-corrected chi connectivity index (χ0v) is 13.7. The molecule has 0 bridgehead atoms. The van der Waals surface area contributed by atoms with E-state index in [2.05, 4.69) is 55.0 Å². The summed E-state index contributed by atoms with van der Waals surface area (Å²) in [5, 5.41) is 1.26. The molecule has 1 saturated heterocycles. The highest BCUT2D eigenvalue weighted by Crippen LogP contribution is 2.31. The quantitative estimate of drug-likeness (QED) is 0.848. The first kappa shape index (κ1) is 13.5. The first-order valence-corrected chi connectivity index (χ1v) is 8.60. The number of aromatic nitrogens is 1. The van der Waals surface area contributed by atoms with Crippen LogP contribution in [0.5, 0.6) is 0 Å². The fourth-order valence-corrected chi connectivity index (χ4v) is 3.57. The highest BCUT2D eigenvalue weighted by atomic mass is 79.9. The third-order valence-electron chi connectivity index (χ3n) is 4.61. The molecule has 2 aliphatic rings. The van der Waals surface area contributed by atoms with Gasteiger partial charge in [0, 0.05) is 54.5 Å². The molecule has 0 unspecified atom stereocenters. The molecule has 0 spiro atoms. The highest BCUT2D eigenvalue weighted by Gasteiger charge is 2.26. The third-order valence-corrected chi connectivity index (χ3v) is 5.10. The van der Waals surface area contributed by atoms with Crippen molar-refractivity contribution >= 4 is 32.5 Å². The molecule has 3 nitrogen and oxygen atoms in total.